The minimum atomic E-state index is -0.939. The van der Waals surface area contributed by atoms with Gasteiger partial charge in [-0.25, -0.2) is 4.79 Å². The number of hydrogen-bond donors (Lipinski definition) is 2. The number of aryl methyl sites for hydroxylation is 3. The minimum absolute atomic E-state index is 0.107. The Hall–Kier alpha value is -3.06. The first-order chi connectivity index (χ1) is 19.1. The van der Waals surface area contributed by atoms with Crippen molar-refractivity contribution >= 4 is 35.2 Å². The highest BCUT2D eigenvalue weighted by Gasteiger charge is 2.37. The zero-order valence-electron chi connectivity index (χ0n) is 26.2. The Bertz CT molecular complexity index is 1190. The summed E-state index contributed by atoms with van der Waals surface area (Å²) in [6.45, 7) is 17.6. The largest absolute Gasteiger partial charge is 0.444 e. The molecule has 0 heterocycles. The first-order valence-corrected chi connectivity index (χ1v) is 15.0. The molecule has 2 atom stereocenters. The molecular weight excluding hydrogens is 538 g/mol. The molecule has 7 nitrogen and oxygen atoms in total. The highest BCUT2D eigenvalue weighted by Crippen LogP contribution is 2.31. The van der Waals surface area contributed by atoms with Gasteiger partial charge in [0.2, 0.25) is 5.91 Å². The van der Waals surface area contributed by atoms with Crippen LogP contribution >= 0.6 is 11.6 Å². The summed E-state index contributed by atoms with van der Waals surface area (Å²) in [6, 6.07) is 9.49. The fourth-order valence-electron chi connectivity index (χ4n) is 4.81. The number of unbranched alkanes of at least 4 members (excludes halogenated alkanes) is 2. The number of anilines is 1. The number of nitrogens with one attached hydrogen (secondary N) is 2. The average molecular weight is 586 g/mol. The number of nitrogens with zero attached hydrogens (tertiary/aromatic N) is 1. The molecule has 0 saturated carbocycles. The second-order valence-electron chi connectivity index (χ2n) is 12.3. The van der Waals surface area contributed by atoms with Crippen LogP contribution < -0.4 is 10.6 Å². The topological polar surface area (TPSA) is 87.7 Å². The van der Waals surface area contributed by atoms with E-state index < -0.39 is 23.8 Å². The van der Waals surface area contributed by atoms with E-state index in [2.05, 4.69) is 17.6 Å². The van der Waals surface area contributed by atoms with E-state index in [1.807, 2.05) is 65.0 Å². The van der Waals surface area contributed by atoms with Gasteiger partial charge in [-0.1, -0.05) is 81.1 Å². The number of hydrogen-bond acceptors (Lipinski definition) is 4. The molecule has 2 aromatic carbocycles. The summed E-state index contributed by atoms with van der Waals surface area (Å²) in [5.41, 5.74) is 3.29. The van der Waals surface area contributed by atoms with Gasteiger partial charge in [0.25, 0.3) is 5.91 Å². The van der Waals surface area contributed by atoms with Crippen LogP contribution in [0.1, 0.15) is 95.5 Å². The Labute approximate surface area is 251 Å². The van der Waals surface area contributed by atoms with Gasteiger partial charge in [0.05, 0.1) is 10.7 Å². The van der Waals surface area contributed by atoms with Gasteiger partial charge in [0.15, 0.2) is 0 Å². The number of halogens is 1. The lowest BCUT2D eigenvalue weighted by molar-refractivity contribution is -0.141. The van der Waals surface area contributed by atoms with Crippen LogP contribution in [-0.4, -0.2) is 41.0 Å². The van der Waals surface area contributed by atoms with E-state index in [1.165, 1.54) is 0 Å². The lowest BCUT2D eigenvalue weighted by Gasteiger charge is -2.36. The SMILES string of the molecule is CCCCCN(C(=O)C(CC(C)C)NC(=O)OC(C)(C)C)C(C(=O)Nc1c(C)cccc1Cl)c1ccc(C)cc1C. The molecule has 3 amide bonds. The van der Waals surface area contributed by atoms with Crippen molar-refractivity contribution in [2.45, 2.75) is 106 Å². The average Bonchev–Trinajstić information content (AvgIpc) is 2.84. The molecule has 0 aliphatic rings. The second-order valence-corrected chi connectivity index (χ2v) is 12.7. The number of amides is 3. The predicted octanol–water partition coefficient (Wildman–Crippen LogP) is 7.90. The monoisotopic (exact) mass is 585 g/mol. The standard InChI is InChI=1S/C33H48ClN3O4/c1-10-11-12-18-37(31(39)27(19-21(2)3)35-32(40)41-33(7,8)9)29(25-17-16-22(4)20-24(25)6)30(38)36-28-23(5)14-13-15-26(28)34/h13-17,20-21,27,29H,10-12,18-19H2,1-9H3,(H,35,40)(H,36,38). The minimum Gasteiger partial charge on any atom is -0.444 e. The Morgan fingerprint density at radius 3 is 2.24 bits per heavy atom. The summed E-state index contributed by atoms with van der Waals surface area (Å²) in [5, 5.41) is 6.25. The van der Waals surface area contributed by atoms with Crippen molar-refractivity contribution in [1.29, 1.82) is 0 Å². The Kier molecular flexibility index (Phi) is 12.7. The number of alkyl carbamates (subject to hydrolysis) is 1. The molecule has 8 heteroatoms. The maximum Gasteiger partial charge on any atom is 0.408 e. The van der Waals surface area contributed by atoms with Gasteiger partial charge in [-0.05, 0) is 83.1 Å². The fraction of sp³-hybridized carbons (Fsp3) is 0.545. The first-order valence-electron chi connectivity index (χ1n) is 14.6. The molecule has 0 bridgehead atoms. The van der Waals surface area contributed by atoms with E-state index in [1.54, 1.807) is 31.7 Å². The van der Waals surface area contributed by atoms with Crippen molar-refractivity contribution in [3.63, 3.8) is 0 Å². The lowest BCUT2D eigenvalue weighted by Crippen LogP contribution is -2.53. The molecule has 226 valence electrons. The van der Waals surface area contributed by atoms with Crippen LogP contribution in [0.5, 0.6) is 0 Å². The van der Waals surface area contributed by atoms with Crippen LogP contribution in [0, 0.1) is 26.7 Å². The number of rotatable bonds is 12. The van der Waals surface area contributed by atoms with Crippen LogP contribution in [-0.2, 0) is 14.3 Å². The van der Waals surface area contributed by atoms with Crippen LogP contribution in [0.2, 0.25) is 5.02 Å². The summed E-state index contributed by atoms with van der Waals surface area (Å²) < 4.78 is 5.49. The Balaban J connectivity index is 2.63. The maximum atomic E-state index is 14.4. The molecule has 2 aromatic rings. The molecule has 2 rings (SSSR count). The summed E-state index contributed by atoms with van der Waals surface area (Å²) >= 11 is 6.48. The molecule has 0 saturated heterocycles. The lowest BCUT2D eigenvalue weighted by atomic mass is 9.95. The smallest absolute Gasteiger partial charge is 0.408 e. The van der Waals surface area contributed by atoms with Crippen LogP contribution in [0.3, 0.4) is 0 Å². The van der Waals surface area contributed by atoms with Gasteiger partial charge in [-0.2, -0.15) is 0 Å². The second kappa shape index (κ2) is 15.2. The molecule has 0 aromatic heterocycles. The third-order valence-corrected chi connectivity index (χ3v) is 7.05. The number of carbonyl (C=O) groups is 3. The van der Waals surface area contributed by atoms with Crippen LogP contribution in [0.15, 0.2) is 36.4 Å². The van der Waals surface area contributed by atoms with Crippen LogP contribution in [0.4, 0.5) is 10.5 Å². The van der Waals surface area contributed by atoms with E-state index in [-0.39, 0.29) is 17.7 Å². The van der Waals surface area contributed by atoms with Crippen LogP contribution in [0.25, 0.3) is 0 Å². The zero-order valence-corrected chi connectivity index (χ0v) is 26.9. The highest BCUT2D eigenvalue weighted by atomic mass is 35.5. The third-order valence-electron chi connectivity index (χ3n) is 6.73. The van der Waals surface area contributed by atoms with E-state index in [9.17, 15) is 14.4 Å². The van der Waals surface area contributed by atoms with Gasteiger partial charge in [-0.3, -0.25) is 9.59 Å². The predicted molar refractivity (Wildman–Crippen MR) is 167 cm³/mol. The molecule has 0 fully saturated rings. The summed E-state index contributed by atoms with van der Waals surface area (Å²) in [7, 11) is 0. The highest BCUT2D eigenvalue weighted by molar-refractivity contribution is 6.34. The van der Waals surface area contributed by atoms with Crippen molar-refractivity contribution in [1.82, 2.24) is 10.2 Å². The summed E-state index contributed by atoms with van der Waals surface area (Å²) in [4.78, 5) is 43.1. The van der Waals surface area contributed by atoms with E-state index in [4.69, 9.17) is 16.3 Å². The maximum absolute atomic E-state index is 14.4. The quantitative estimate of drug-likeness (QED) is 0.248. The van der Waals surface area contributed by atoms with Crippen molar-refractivity contribution in [2.24, 2.45) is 5.92 Å². The van der Waals surface area contributed by atoms with Gasteiger partial charge in [-0.15, -0.1) is 0 Å². The zero-order chi connectivity index (χ0) is 30.9. The molecular formula is C33H48ClN3O4. The van der Waals surface area contributed by atoms with E-state index in [0.717, 1.165) is 35.1 Å². The van der Waals surface area contributed by atoms with Gasteiger partial charge < -0.3 is 20.3 Å². The summed E-state index contributed by atoms with van der Waals surface area (Å²) in [5.74, 6) is -0.578. The van der Waals surface area contributed by atoms with Gasteiger partial charge in [0.1, 0.15) is 17.7 Å². The normalized spacial score (nSPS) is 13.0. The Morgan fingerprint density at radius 1 is 1.00 bits per heavy atom. The fourth-order valence-corrected chi connectivity index (χ4v) is 5.08. The van der Waals surface area contributed by atoms with Crippen molar-refractivity contribution < 1.29 is 19.1 Å². The Morgan fingerprint density at radius 2 is 1.68 bits per heavy atom. The van der Waals surface area contributed by atoms with E-state index >= 15 is 0 Å². The molecule has 2 N–H and O–H groups in total. The van der Waals surface area contributed by atoms with Crippen molar-refractivity contribution in [3.8, 4) is 0 Å². The third kappa shape index (κ3) is 10.4. The number of para-hydroxylation sites is 1. The van der Waals surface area contributed by atoms with Crippen molar-refractivity contribution in [2.75, 3.05) is 11.9 Å². The molecule has 0 aliphatic heterocycles. The number of benzene rings is 2. The molecule has 0 spiro atoms. The number of ether oxygens (including phenoxy) is 1. The molecule has 41 heavy (non-hydrogen) atoms. The molecule has 2 unspecified atom stereocenters. The van der Waals surface area contributed by atoms with Gasteiger partial charge in [0, 0.05) is 6.54 Å². The summed E-state index contributed by atoms with van der Waals surface area (Å²) in [6.07, 6.45) is 2.29. The van der Waals surface area contributed by atoms with Crippen molar-refractivity contribution in [3.05, 3.63) is 63.7 Å². The molecule has 0 aliphatic carbocycles. The molecule has 0 radical (unpaired) electrons. The number of carbonyl (C=O) groups excluding carboxylic acids is 3. The van der Waals surface area contributed by atoms with E-state index in [0.29, 0.717) is 30.1 Å². The first kappa shape index (κ1) is 34.1. The van der Waals surface area contributed by atoms with Gasteiger partial charge >= 0.3 is 6.09 Å².